The van der Waals surface area contributed by atoms with E-state index in [0.29, 0.717) is 46.6 Å². The quantitative estimate of drug-likeness (QED) is 0.704. The predicted octanol–water partition coefficient (Wildman–Crippen LogP) is 3.07. The Labute approximate surface area is 184 Å². The van der Waals surface area contributed by atoms with Crippen molar-refractivity contribution in [3.8, 4) is 0 Å². The third-order valence-electron chi connectivity index (χ3n) is 5.91. The van der Waals surface area contributed by atoms with Crippen molar-refractivity contribution >= 4 is 49.5 Å². The minimum atomic E-state index is -3.49. The summed E-state index contributed by atoms with van der Waals surface area (Å²) >= 11 is 2.65. The highest BCUT2D eigenvalue weighted by molar-refractivity contribution is 7.91. The molecule has 0 spiro atoms. The fourth-order valence-corrected chi connectivity index (χ4v) is 8.24. The molecule has 1 aliphatic carbocycles. The maximum absolute atomic E-state index is 12.9. The number of hydrogen-bond acceptors (Lipinski definition) is 6. The van der Waals surface area contributed by atoms with Crippen molar-refractivity contribution in [3.05, 3.63) is 33.5 Å². The Morgan fingerprint density at radius 2 is 1.97 bits per heavy atom. The summed E-state index contributed by atoms with van der Waals surface area (Å²) in [7, 11) is -3.49. The Morgan fingerprint density at radius 3 is 2.60 bits per heavy atom. The number of hydrogen-bond donors (Lipinski definition) is 2. The summed E-state index contributed by atoms with van der Waals surface area (Å²) in [5.41, 5.74) is 7.06. The Bertz CT molecular complexity index is 1050. The van der Waals surface area contributed by atoms with Crippen LogP contribution in [0.2, 0.25) is 0 Å². The van der Waals surface area contributed by atoms with E-state index in [0.717, 1.165) is 29.7 Å². The molecule has 2 aliphatic rings. The number of nitrogens with one attached hydrogen (secondary N) is 1. The molecule has 10 heteroatoms. The molecule has 7 nitrogen and oxygen atoms in total. The summed E-state index contributed by atoms with van der Waals surface area (Å²) in [6.45, 7) is 2.79. The van der Waals surface area contributed by atoms with E-state index in [-0.39, 0.29) is 11.8 Å². The summed E-state index contributed by atoms with van der Waals surface area (Å²) in [6.07, 6.45) is 3.61. The van der Waals surface area contributed by atoms with Gasteiger partial charge >= 0.3 is 0 Å². The van der Waals surface area contributed by atoms with Crippen LogP contribution in [0, 0.1) is 11.8 Å². The summed E-state index contributed by atoms with van der Waals surface area (Å²) < 4.78 is 27.1. The van der Waals surface area contributed by atoms with Crippen LogP contribution in [-0.4, -0.2) is 37.6 Å². The second-order valence-electron chi connectivity index (χ2n) is 8.02. The number of nitrogens with two attached hydrogens (primary N) is 1. The van der Waals surface area contributed by atoms with Crippen molar-refractivity contribution in [2.24, 2.45) is 17.6 Å². The number of anilines is 1. The van der Waals surface area contributed by atoms with Crippen molar-refractivity contribution in [1.82, 2.24) is 4.31 Å². The van der Waals surface area contributed by atoms with E-state index in [4.69, 9.17) is 5.73 Å². The Kier molecular flexibility index (Phi) is 6.02. The molecule has 3 heterocycles. The number of thiophene rings is 2. The second kappa shape index (κ2) is 8.41. The fourth-order valence-electron chi connectivity index (χ4n) is 4.21. The molecular formula is C20H25N3O4S3. The van der Waals surface area contributed by atoms with Gasteiger partial charge in [0.15, 0.2) is 0 Å². The Hall–Kier alpha value is -1.75. The average molecular weight is 468 g/mol. The molecule has 0 bridgehead atoms. The molecule has 1 aliphatic heterocycles. The van der Waals surface area contributed by atoms with Crippen molar-refractivity contribution < 1.29 is 18.0 Å². The van der Waals surface area contributed by atoms with Gasteiger partial charge in [0.05, 0.1) is 5.56 Å². The Morgan fingerprint density at radius 1 is 1.23 bits per heavy atom. The number of amides is 2. The first kappa shape index (κ1) is 21.5. The second-order valence-corrected chi connectivity index (χ2v) is 12.2. The molecule has 1 atom stereocenters. The molecule has 0 aromatic carbocycles. The van der Waals surface area contributed by atoms with Gasteiger partial charge in [-0.1, -0.05) is 13.0 Å². The van der Waals surface area contributed by atoms with Crippen LogP contribution in [0.3, 0.4) is 0 Å². The van der Waals surface area contributed by atoms with Gasteiger partial charge in [-0.05, 0) is 55.0 Å². The molecule has 1 fully saturated rings. The maximum Gasteiger partial charge on any atom is 0.252 e. The molecule has 3 N–H and O–H groups in total. The normalized spacial score (nSPS) is 20.6. The smallest absolute Gasteiger partial charge is 0.252 e. The zero-order chi connectivity index (χ0) is 21.5. The van der Waals surface area contributed by atoms with Crippen LogP contribution in [0.15, 0.2) is 21.7 Å². The highest BCUT2D eigenvalue weighted by Crippen LogP contribution is 2.40. The van der Waals surface area contributed by atoms with E-state index in [9.17, 15) is 18.0 Å². The first-order valence-electron chi connectivity index (χ1n) is 10.1. The third kappa shape index (κ3) is 4.05. The van der Waals surface area contributed by atoms with Crippen LogP contribution in [0.1, 0.15) is 47.0 Å². The van der Waals surface area contributed by atoms with Crippen LogP contribution >= 0.6 is 22.7 Å². The summed E-state index contributed by atoms with van der Waals surface area (Å²) in [6, 6.07) is 3.32. The van der Waals surface area contributed by atoms with Crippen LogP contribution in [-0.2, 0) is 27.7 Å². The predicted molar refractivity (Wildman–Crippen MR) is 118 cm³/mol. The lowest BCUT2D eigenvalue weighted by atomic mass is 9.88. The van der Waals surface area contributed by atoms with E-state index >= 15 is 0 Å². The van der Waals surface area contributed by atoms with Gasteiger partial charge in [-0.3, -0.25) is 9.59 Å². The highest BCUT2D eigenvalue weighted by atomic mass is 32.2. The minimum absolute atomic E-state index is 0.169. The van der Waals surface area contributed by atoms with Gasteiger partial charge in [-0.25, -0.2) is 8.42 Å². The van der Waals surface area contributed by atoms with Crippen molar-refractivity contribution in [2.75, 3.05) is 18.4 Å². The largest absolute Gasteiger partial charge is 0.365 e. The van der Waals surface area contributed by atoms with Gasteiger partial charge in [0.2, 0.25) is 5.91 Å². The van der Waals surface area contributed by atoms with Crippen LogP contribution in [0.5, 0.6) is 0 Å². The molecule has 162 valence electrons. The van der Waals surface area contributed by atoms with E-state index in [1.54, 1.807) is 17.5 Å². The monoisotopic (exact) mass is 467 g/mol. The molecule has 4 rings (SSSR count). The minimum Gasteiger partial charge on any atom is -0.365 e. The van der Waals surface area contributed by atoms with Crippen LogP contribution in [0.4, 0.5) is 5.00 Å². The number of rotatable bonds is 5. The van der Waals surface area contributed by atoms with E-state index in [1.165, 1.54) is 27.0 Å². The van der Waals surface area contributed by atoms with Crippen molar-refractivity contribution in [3.63, 3.8) is 0 Å². The average Bonchev–Trinajstić information content (AvgIpc) is 3.36. The topological polar surface area (TPSA) is 110 Å². The molecule has 1 saturated heterocycles. The van der Waals surface area contributed by atoms with E-state index < -0.39 is 15.9 Å². The standard InChI is InChI=1S/C20H25N3O4S3/c1-12-4-5-14-15(11-12)29-20(17(14)18(21)24)22-19(25)13-6-8-23(9-7-13)30(26,27)16-3-2-10-28-16/h2-3,10,12-13H,4-9,11H2,1H3,(H2,21,24)(H,22,25). The fraction of sp³-hybridized carbons (Fsp3) is 0.500. The number of piperidine rings is 1. The molecule has 0 saturated carbocycles. The summed E-state index contributed by atoms with van der Waals surface area (Å²) in [4.78, 5) is 26.1. The number of sulfonamides is 1. The van der Waals surface area contributed by atoms with Gasteiger partial charge in [0, 0.05) is 23.9 Å². The summed E-state index contributed by atoms with van der Waals surface area (Å²) in [5.74, 6) is -0.417. The lowest BCUT2D eigenvalue weighted by Gasteiger charge is -2.30. The zero-order valence-corrected chi connectivity index (χ0v) is 19.2. The van der Waals surface area contributed by atoms with Crippen molar-refractivity contribution in [2.45, 2.75) is 43.2 Å². The molecular weight excluding hydrogens is 442 g/mol. The molecule has 2 amide bonds. The third-order valence-corrected chi connectivity index (χ3v) is 10.4. The number of carbonyl (C=O) groups excluding carboxylic acids is 2. The van der Waals surface area contributed by atoms with Gasteiger partial charge < -0.3 is 11.1 Å². The number of carbonyl (C=O) groups is 2. The van der Waals surface area contributed by atoms with E-state index in [1.807, 2.05) is 0 Å². The van der Waals surface area contributed by atoms with E-state index in [2.05, 4.69) is 12.2 Å². The van der Waals surface area contributed by atoms with Gasteiger partial charge in [-0.2, -0.15) is 4.31 Å². The lowest BCUT2D eigenvalue weighted by Crippen LogP contribution is -2.41. The van der Waals surface area contributed by atoms with Gasteiger partial charge in [0.25, 0.3) is 15.9 Å². The summed E-state index contributed by atoms with van der Waals surface area (Å²) in [5, 5.41) is 5.21. The SMILES string of the molecule is CC1CCc2c(sc(NC(=O)C3CCN(S(=O)(=O)c4cccs4)CC3)c2C(N)=O)C1. The Balaban J connectivity index is 1.44. The van der Waals surface area contributed by atoms with Crippen LogP contribution in [0.25, 0.3) is 0 Å². The first-order valence-corrected chi connectivity index (χ1v) is 13.2. The molecule has 30 heavy (non-hydrogen) atoms. The van der Waals surface area contributed by atoms with Gasteiger partial charge in [0.1, 0.15) is 9.21 Å². The zero-order valence-electron chi connectivity index (χ0n) is 16.7. The number of nitrogens with zero attached hydrogens (tertiary/aromatic N) is 1. The number of primary amides is 1. The lowest BCUT2D eigenvalue weighted by molar-refractivity contribution is -0.120. The molecule has 0 radical (unpaired) electrons. The molecule has 1 unspecified atom stereocenters. The molecule has 2 aromatic heterocycles. The number of fused-ring (bicyclic) bond motifs is 1. The highest BCUT2D eigenvalue weighted by Gasteiger charge is 2.34. The van der Waals surface area contributed by atoms with Crippen LogP contribution < -0.4 is 11.1 Å². The molecule has 2 aromatic rings. The first-order chi connectivity index (χ1) is 14.3. The van der Waals surface area contributed by atoms with Crippen molar-refractivity contribution in [1.29, 1.82) is 0 Å². The maximum atomic E-state index is 12.9. The van der Waals surface area contributed by atoms with Gasteiger partial charge in [-0.15, -0.1) is 22.7 Å².